The highest BCUT2D eigenvalue weighted by molar-refractivity contribution is 6.03. The van der Waals surface area contributed by atoms with Gasteiger partial charge >= 0.3 is 0 Å². The highest BCUT2D eigenvalue weighted by Gasteiger charge is 2.16. The maximum atomic E-state index is 13.0. The number of benzene rings is 1. The number of halogens is 1. The molecule has 0 spiro atoms. The van der Waals surface area contributed by atoms with Gasteiger partial charge in [0, 0.05) is 25.0 Å². The molecule has 1 aromatic carbocycles. The maximum Gasteiger partial charge on any atom is 0.275 e. The first-order valence-corrected chi connectivity index (χ1v) is 6.10. The Kier molecular flexibility index (Phi) is 2.91. The standard InChI is InChI=1S/C13H13FN4O/c14-9-3-1-4-10(7-9)16-12(19)11-8-18-6-2-5-15-13(18)17-11/h1,3-4,7-8H,2,5-6H2,(H,15,17)(H,16,19). The number of imidazole rings is 1. The van der Waals surface area contributed by atoms with Crippen LogP contribution < -0.4 is 10.6 Å². The van der Waals surface area contributed by atoms with Crippen molar-refractivity contribution in [3.05, 3.63) is 42.0 Å². The van der Waals surface area contributed by atoms with Gasteiger partial charge in [0.1, 0.15) is 11.5 Å². The molecule has 0 fully saturated rings. The van der Waals surface area contributed by atoms with Gasteiger partial charge in [0.05, 0.1) is 0 Å². The second-order valence-electron chi connectivity index (χ2n) is 4.39. The third-order valence-electron chi connectivity index (χ3n) is 2.95. The normalized spacial score (nSPS) is 13.5. The second kappa shape index (κ2) is 4.72. The van der Waals surface area contributed by atoms with Crippen LogP contribution in [0.3, 0.4) is 0 Å². The quantitative estimate of drug-likeness (QED) is 0.869. The van der Waals surface area contributed by atoms with Crippen molar-refractivity contribution < 1.29 is 9.18 Å². The molecule has 5 nitrogen and oxygen atoms in total. The lowest BCUT2D eigenvalue weighted by Crippen LogP contribution is -2.16. The largest absolute Gasteiger partial charge is 0.356 e. The Morgan fingerprint density at radius 3 is 3.16 bits per heavy atom. The predicted molar refractivity (Wildman–Crippen MR) is 69.7 cm³/mol. The van der Waals surface area contributed by atoms with Crippen molar-refractivity contribution in [2.24, 2.45) is 0 Å². The summed E-state index contributed by atoms with van der Waals surface area (Å²) in [4.78, 5) is 16.2. The first-order chi connectivity index (χ1) is 9.22. The van der Waals surface area contributed by atoms with Crippen molar-refractivity contribution in [2.75, 3.05) is 17.2 Å². The van der Waals surface area contributed by atoms with Crippen LogP contribution in [0.4, 0.5) is 16.0 Å². The van der Waals surface area contributed by atoms with E-state index in [-0.39, 0.29) is 11.7 Å². The Labute approximate surface area is 109 Å². The molecule has 2 heterocycles. The van der Waals surface area contributed by atoms with Crippen LogP contribution in [-0.2, 0) is 6.54 Å². The van der Waals surface area contributed by atoms with Gasteiger partial charge in [0.2, 0.25) is 5.95 Å². The average Bonchev–Trinajstić information content (AvgIpc) is 2.82. The first kappa shape index (κ1) is 11.7. The van der Waals surface area contributed by atoms with E-state index in [0.717, 1.165) is 19.5 Å². The number of aromatic nitrogens is 2. The van der Waals surface area contributed by atoms with Crippen LogP contribution in [0.15, 0.2) is 30.5 Å². The Bertz CT molecular complexity index is 599. The number of rotatable bonds is 2. The molecule has 1 aromatic heterocycles. The van der Waals surface area contributed by atoms with Crippen LogP contribution in [0.25, 0.3) is 0 Å². The van der Waals surface area contributed by atoms with E-state index >= 15 is 0 Å². The highest BCUT2D eigenvalue weighted by atomic mass is 19.1. The van der Waals surface area contributed by atoms with E-state index < -0.39 is 0 Å². The minimum atomic E-state index is -0.386. The van der Waals surface area contributed by atoms with Gasteiger partial charge < -0.3 is 15.2 Å². The summed E-state index contributed by atoms with van der Waals surface area (Å²) in [7, 11) is 0. The molecule has 0 radical (unpaired) electrons. The van der Waals surface area contributed by atoms with E-state index in [0.29, 0.717) is 17.3 Å². The van der Waals surface area contributed by atoms with E-state index in [9.17, 15) is 9.18 Å². The molecule has 3 rings (SSSR count). The molecule has 19 heavy (non-hydrogen) atoms. The van der Waals surface area contributed by atoms with E-state index in [1.807, 2.05) is 4.57 Å². The van der Waals surface area contributed by atoms with Crippen molar-refractivity contribution >= 4 is 17.5 Å². The number of hydrogen-bond donors (Lipinski definition) is 2. The van der Waals surface area contributed by atoms with Gasteiger partial charge in [-0.05, 0) is 24.6 Å². The Morgan fingerprint density at radius 2 is 2.37 bits per heavy atom. The Morgan fingerprint density at radius 1 is 1.47 bits per heavy atom. The summed E-state index contributed by atoms with van der Waals surface area (Å²) >= 11 is 0. The number of aryl methyl sites for hydroxylation is 1. The molecule has 1 aliphatic rings. The number of hydrogen-bond acceptors (Lipinski definition) is 3. The summed E-state index contributed by atoms with van der Waals surface area (Å²) in [5.41, 5.74) is 0.748. The number of fused-ring (bicyclic) bond motifs is 1. The third-order valence-corrected chi connectivity index (χ3v) is 2.95. The van der Waals surface area contributed by atoms with Crippen LogP contribution in [0.5, 0.6) is 0 Å². The van der Waals surface area contributed by atoms with Gasteiger partial charge in [-0.3, -0.25) is 4.79 Å². The summed E-state index contributed by atoms with van der Waals surface area (Å²) in [6.07, 6.45) is 2.71. The van der Waals surface area contributed by atoms with Crippen molar-refractivity contribution in [3.8, 4) is 0 Å². The summed E-state index contributed by atoms with van der Waals surface area (Å²) in [6, 6.07) is 5.78. The number of nitrogens with one attached hydrogen (secondary N) is 2. The van der Waals surface area contributed by atoms with Crippen LogP contribution in [-0.4, -0.2) is 22.0 Å². The van der Waals surface area contributed by atoms with Gasteiger partial charge in [0.25, 0.3) is 5.91 Å². The zero-order valence-corrected chi connectivity index (χ0v) is 10.2. The van der Waals surface area contributed by atoms with Crippen LogP contribution in [0.2, 0.25) is 0 Å². The van der Waals surface area contributed by atoms with Gasteiger partial charge in [-0.25, -0.2) is 9.37 Å². The maximum absolute atomic E-state index is 13.0. The number of carbonyl (C=O) groups excluding carboxylic acids is 1. The van der Waals surface area contributed by atoms with E-state index in [1.54, 1.807) is 18.3 Å². The van der Waals surface area contributed by atoms with Crippen molar-refractivity contribution in [1.29, 1.82) is 0 Å². The molecular formula is C13H13FN4O. The fourth-order valence-electron chi connectivity index (χ4n) is 2.05. The second-order valence-corrected chi connectivity index (χ2v) is 4.39. The van der Waals surface area contributed by atoms with Crippen molar-refractivity contribution in [1.82, 2.24) is 9.55 Å². The zero-order valence-electron chi connectivity index (χ0n) is 10.2. The molecule has 1 amide bonds. The molecule has 0 bridgehead atoms. The van der Waals surface area contributed by atoms with Gasteiger partial charge in [-0.1, -0.05) is 6.07 Å². The van der Waals surface area contributed by atoms with Crippen LogP contribution in [0, 0.1) is 5.82 Å². The van der Waals surface area contributed by atoms with Gasteiger partial charge in [-0.15, -0.1) is 0 Å². The first-order valence-electron chi connectivity index (χ1n) is 6.10. The molecule has 98 valence electrons. The monoisotopic (exact) mass is 260 g/mol. The minimum absolute atomic E-state index is 0.327. The summed E-state index contributed by atoms with van der Waals surface area (Å²) < 4.78 is 14.9. The molecule has 0 saturated carbocycles. The number of nitrogens with zero attached hydrogens (tertiary/aromatic N) is 2. The smallest absolute Gasteiger partial charge is 0.275 e. The lowest BCUT2D eigenvalue weighted by molar-refractivity contribution is 0.102. The van der Waals surface area contributed by atoms with Gasteiger partial charge in [0.15, 0.2) is 0 Å². The number of amides is 1. The highest BCUT2D eigenvalue weighted by Crippen LogP contribution is 2.16. The van der Waals surface area contributed by atoms with Gasteiger partial charge in [-0.2, -0.15) is 0 Å². The van der Waals surface area contributed by atoms with Crippen LogP contribution >= 0.6 is 0 Å². The van der Waals surface area contributed by atoms with E-state index in [1.165, 1.54) is 12.1 Å². The van der Waals surface area contributed by atoms with E-state index in [4.69, 9.17) is 0 Å². The van der Waals surface area contributed by atoms with Crippen molar-refractivity contribution in [2.45, 2.75) is 13.0 Å². The molecule has 0 aliphatic carbocycles. The molecule has 0 unspecified atom stereocenters. The summed E-state index contributed by atoms with van der Waals surface area (Å²) in [5.74, 6) is -0.0199. The number of carbonyl (C=O) groups is 1. The molecule has 6 heteroatoms. The summed E-state index contributed by atoms with van der Waals surface area (Å²) in [6.45, 7) is 1.71. The molecule has 2 N–H and O–H groups in total. The SMILES string of the molecule is O=C(Nc1cccc(F)c1)c1cn2c(n1)NCCC2. The van der Waals surface area contributed by atoms with Crippen LogP contribution in [0.1, 0.15) is 16.9 Å². The lowest BCUT2D eigenvalue weighted by atomic mass is 10.3. The Hall–Kier alpha value is -2.37. The molecule has 1 aliphatic heterocycles. The average molecular weight is 260 g/mol. The molecule has 0 atom stereocenters. The minimum Gasteiger partial charge on any atom is -0.356 e. The Balaban J connectivity index is 1.78. The molecular weight excluding hydrogens is 247 g/mol. The topological polar surface area (TPSA) is 59.0 Å². The summed E-state index contributed by atoms with van der Waals surface area (Å²) in [5, 5.41) is 5.75. The predicted octanol–water partition coefficient (Wildman–Crippen LogP) is 2.09. The molecule has 2 aromatic rings. The van der Waals surface area contributed by atoms with Crippen molar-refractivity contribution in [3.63, 3.8) is 0 Å². The lowest BCUT2D eigenvalue weighted by Gasteiger charge is -2.14. The third kappa shape index (κ3) is 2.42. The fourth-order valence-corrected chi connectivity index (χ4v) is 2.05. The fraction of sp³-hybridized carbons (Fsp3) is 0.231. The number of anilines is 2. The van der Waals surface area contributed by atoms with E-state index in [2.05, 4.69) is 15.6 Å². The zero-order chi connectivity index (χ0) is 13.2. The molecule has 0 saturated heterocycles.